The summed E-state index contributed by atoms with van der Waals surface area (Å²) >= 11 is 0. The Morgan fingerprint density at radius 2 is 2.18 bits per heavy atom. The van der Waals surface area contributed by atoms with Crippen molar-refractivity contribution < 1.29 is 23.8 Å². The molecular weight excluding hydrogens is 224 g/mol. The summed E-state index contributed by atoms with van der Waals surface area (Å²) in [6.45, 7) is 3.78. The molecule has 0 aromatic rings. The first-order valence-electron chi connectivity index (χ1n) is 5.97. The van der Waals surface area contributed by atoms with Gasteiger partial charge in [-0.1, -0.05) is 0 Å². The van der Waals surface area contributed by atoms with Crippen LogP contribution in [0.15, 0.2) is 0 Å². The molecule has 5 heteroatoms. The van der Waals surface area contributed by atoms with Gasteiger partial charge in [0, 0.05) is 6.92 Å². The average Bonchev–Trinajstić information content (AvgIpc) is 2.90. The Labute approximate surface area is 99.4 Å². The van der Waals surface area contributed by atoms with E-state index in [1.165, 1.54) is 6.92 Å². The van der Waals surface area contributed by atoms with Gasteiger partial charge in [0.25, 0.3) is 0 Å². The molecule has 0 spiro atoms. The smallest absolute Gasteiger partial charge is 0.315 e. The number of hydrogen-bond acceptors (Lipinski definition) is 5. The first kappa shape index (κ1) is 11.0. The molecular formula is C12H16O5. The number of carbonyl (C=O) groups excluding carboxylic acids is 2. The number of carbonyl (C=O) groups is 2. The maximum Gasteiger partial charge on any atom is 0.315 e. The van der Waals surface area contributed by atoms with Gasteiger partial charge in [-0.05, 0) is 19.8 Å². The maximum atomic E-state index is 12.0. The molecule has 5 nitrogen and oxygen atoms in total. The highest BCUT2D eigenvalue weighted by molar-refractivity contribution is 5.82. The quantitative estimate of drug-likeness (QED) is 0.663. The Morgan fingerprint density at radius 1 is 1.47 bits per heavy atom. The number of esters is 2. The molecule has 0 amide bonds. The first-order valence-corrected chi connectivity index (χ1v) is 5.97. The topological polar surface area (TPSA) is 61.8 Å². The van der Waals surface area contributed by atoms with Crippen molar-refractivity contribution in [2.75, 3.05) is 13.2 Å². The lowest BCUT2D eigenvalue weighted by molar-refractivity contribution is -0.152. The van der Waals surface area contributed by atoms with E-state index in [9.17, 15) is 9.59 Å². The average molecular weight is 240 g/mol. The highest BCUT2D eigenvalue weighted by Crippen LogP contribution is 2.63. The SMILES string of the molecule is CC(=O)OC[C@]12COC(=O)[C@@]1(C)[C@H]1CC[C@H]2O1. The number of ether oxygens (including phenoxy) is 3. The fourth-order valence-corrected chi connectivity index (χ4v) is 3.56. The van der Waals surface area contributed by atoms with Gasteiger partial charge in [0.15, 0.2) is 0 Å². The molecule has 94 valence electrons. The molecule has 2 bridgehead atoms. The van der Waals surface area contributed by atoms with Crippen molar-refractivity contribution in [1.82, 2.24) is 0 Å². The zero-order valence-electron chi connectivity index (χ0n) is 10.0. The third-order valence-electron chi connectivity index (χ3n) is 4.73. The van der Waals surface area contributed by atoms with Gasteiger partial charge in [0.1, 0.15) is 18.6 Å². The molecule has 17 heavy (non-hydrogen) atoms. The summed E-state index contributed by atoms with van der Waals surface area (Å²) in [6.07, 6.45) is 1.69. The molecule has 0 aliphatic carbocycles. The normalized spacial score (nSPS) is 46.8. The third-order valence-corrected chi connectivity index (χ3v) is 4.73. The first-order chi connectivity index (χ1) is 8.00. The lowest BCUT2D eigenvalue weighted by Crippen LogP contribution is -2.52. The Morgan fingerprint density at radius 3 is 2.88 bits per heavy atom. The van der Waals surface area contributed by atoms with Gasteiger partial charge in [-0.25, -0.2) is 0 Å². The third kappa shape index (κ3) is 1.13. The van der Waals surface area contributed by atoms with E-state index in [4.69, 9.17) is 14.2 Å². The molecule has 0 aromatic carbocycles. The largest absolute Gasteiger partial charge is 0.465 e. The van der Waals surface area contributed by atoms with Crippen LogP contribution in [0.1, 0.15) is 26.7 Å². The van der Waals surface area contributed by atoms with Crippen LogP contribution in [-0.2, 0) is 23.8 Å². The Bertz CT molecular complexity index is 392. The van der Waals surface area contributed by atoms with E-state index in [2.05, 4.69) is 0 Å². The van der Waals surface area contributed by atoms with Crippen LogP contribution in [0.4, 0.5) is 0 Å². The predicted molar refractivity (Wildman–Crippen MR) is 56.0 cm³/mol. The molecule has 0 saturated carbocycles. The molecule has 0 aromatic heterocycles. The van der Waals surface area contributed by atoms with Crippen LogP contribution in [0.5, 0.6) is 0 Å². The minimum absolute atomic E-state index is 0.0247. The molecule has 0 radical (unpaired) electrons. The van der Waals surface area contributed by atoms with Crippen LogP contribution < -0.4 is 0 Å². The van der Waals surface area contributed by atoms with E-state index in [-0.39, 0.29) is 30.8 Å². The fraction of sp³-hybridized carbons (Fsp3) is 0.833. The molecule has 3 saturated heterocycles. The van der Waals surface area contributed by atoms with Gasteiger partial charge in [0.2, 0.25) is 0 Å². The van der Waals surface area contributed by atoms with Gasteiger partial charge >= 0.3 is 11.9 Å². The summed E-state index contributed by atoms with van der Waals surface area (Å²) in [4.78, 5) is 23.0. The van der Waals surface area contributed by atoms with Crippen molar-refractivity contribution >= 4 is 11.9 Å². The lowest BCUT2D eigenvalue weighted by Gasteiger charge is -2.38. The second-order valence-corrected chi connectivity index (χ2v) is 5.41. The van der Waals surface area contributed by atoms with E-state index in [0.29, 0.717) is 6.61 Å². The summed E-state index contributed by atoms with van der Waals surface area (Å²) in [6, 6.07) is 0. The van der Waals surface area contributed by atoms with Gasteiger partial charge in [-0.3, -0.25) is 9.59 Å². The van der Waals surface area contributed by atoms with Crippen LogP contribution in [0.25, 0.3) is 0 Å². The highest BCUT2D eigenvalue weighted by Gasteiger charge is 2.75. The van der Waals surface area contributed by atoms with Gasteiger partial charge in [-0.15, -0.1) is 0 Å². The van der Waals surface area contributed by atoms with Gasteiger partial charge in [-0.2, -0.15) is 0 Å². The van der Waals surface area contributed by atoms with Crippen molar-refractivity contribution in [2.45, 2.75) is 38.9 Å². The monoisotopic (exact) mass is 240 g/mol. The number of hydrogen-bond donors (Lipinski definition) is 0. The Kier molecular flexibility index (Phi) is 2.09. The lowest BCUT2D eigenvalue weighted by atomic mass is 9.59. The Balaban J connectivity index is 1.95. The molecule has 3 aliphatic rings. The second kappa shape index (κ2) is 3.22. The van der Waals surface area contributed by atoms with Crippen molar-refractivity contribution in [3.63, 3.8) is 0 Å². The summed E-state index contributed by atoms with van der Waals surface area (Å²) in [5.41, 5.74) is -1.12. The number of cyclic esters (lactones) is 1. The van der Waals surface area contributed by atoms with Gasteiger partial charge < -0.3 is 14.2 Å². The van der Waals surface area contributed by atoms with Crippen LogP contribution in [-0.4, -0.2) is 37.4 Å². The molecule has 0 unspecified atom stereocenters. The van der Waals surface area contributed by atoms with Crippen LogP contribution >= 0.6 is 0 Å². The summed E-state index contributed by atoms with van der Waals surface area (Å²) in [7, 11) is 0. The standard InChI is InChI=1S/C12H16O5/c1-7(13)15-5-12-6-16-10(14)11(12,2)8-3-4-9(12)17-8/h8-9H,3-6H2,1-2H3/t8-,9-,11-,12-/m1/s1. The molecule has 0 N–H and O–H groups in total. The zero-order chi connectivity index (χ0) is 12.3. The number of rotatable bonds is 2. The second-order valence-electron chi connectivity index (χ2n) is 5.41. The van der Waals surface area contributed by atoms with Gasteiger partial charge in [0.05, 0.1) is 17.6 Å². The zero-order valence-corrected chi connectivity index (χ0v) is 10.0. The van der Waals surface area contributed by atoms with E-state index in [1.54, 1.807) is 0 Å². The molecule has 3 fully saturated rings. The van der Waals surface area contributed by atoms with E-state index < -0.39 is 10.8 Å². The maximum absolute atomic E-state index is 12.0. The van der Waals surface area contributed by atoms with Crippen LogP contribution in [0.3, 0.4) is 0 Å². The molecule has 3 aliphatic heterocycles. The van der Waals surface area contributed by atoms with Crippen molar-refractivity contribution in [3.8, 4) is 0 Å². The minimum Gasteiger partial charge on any atom is -0.465 e. The van der Waals surface area contributed by atoms with E-state index >= 15 is 0 Å². The van der Waals surface area contributed by atoms with Crippen molar-refractivity contribution in [1.29, 1.82) is 0 Å². The Hall–Kier alpha value is -1.10. The minimum atomic E-state index is -0.647. The summed E-state index contributed by atoms with van der Waals surface area (Å²) in [5, 5.41) is 0. The van der Waals surface area contributed by atoms with Crippen molar-refractivity contribution in [2.24, 2.45) is 10.8 Å². The van der Waals surface area contributed by atoms with Crippen LogP contribution in [0, 0.1) is 10.8 Å². The number of fused-ring (bicyclic) bond motifs is 5. The van der Waals surface area contributed by atoms with E-state index in [0.717, 1.165) is 12.8 Å². The molecule has 4 atom stereocenters. The highest BCUT2D eigenvalue weighted by atomic mass is 16.6. The predicted octanol–water partition coefficient (Wildman–Crippen LogP) is 0.660. The fourth-order valence-electron chi connectivity index (χ4n) is 3.56. The van der Waals surface area contributed by atoms with E-state index in [1.807, 2.05) is 6.92 Å². The van der Waals surface area contributed by atoms with Crippen molar-refractivity contribution in [3.05, 3.63) is 0 Å². The van der Waals surface area contributed by atoms with Crippen LogP contribution in [0.2, 0.25) is 0 Å². The summed E-state index contributed by atoms with van der Waals surface area (Å²) < 4.78 is 16.2. The molecule has 3 heterocycles. The molecule has 3 rings (SSSR count). The summed E-state index contributed by atoms with van der Waals surface area (Å²) in [5.74, 6) is -0.541.